The summed E-state index contributed by atoms with van der Waals surface area (Å²) in [5, 5.41) is 22.9. The number of rotatable bonds is 7. The molecule has 0 fully saturated rings. The fourth-order valence-corrected chi connectivity index (χ4v) is 3.55. The van der Waals surface area contributed by atoms with Gasteiger partial charge in [-0.1, -0.05) is 13.8 Å². The SMILES string of the molecule is Cc1cc2c(cc1CNc1ccc(F)cc1)c(=O)c(C(=O)O)cn2[C@H](CO)C(C)C. The van der Waals surface area contributed by atoms with Crippen LogP contribution in [0.15, 0.2) is 47.4 Å². The van der Waals surface area contributed by atoms with Gasteiger partial charge in [0.05, 0.1) is 18.2 Å². The highest BCUT2D eigenvalue weighted by molar-refractivity contribution is 5.93. The van der Waals surface area contributed by atoms with Crippen LogP contribution in [-0.4, -0.2) is 27.4 Å². The van der Waals surface area contributed by atoms with Crippen molar-refractivity contribution in [1.82, 2.24) is 4.57 Å². The van der Waals surface area contributed by atoms with E-state index in [9.17, 15) is 24.2 Å². The summed E-state index contributed by atoms with van der Waals surface area (Å²) in [4.78, 5) is 24.5. The molecule has 0 saturated heterocycles. The van der Waals surface area contributed by atoms with Gasteiger partial charge in [0.2, 0.25) is 5.43 Å². The number of nitrogens with zero attached hydrogens (tertiary/aromatic N) is 1. The van der Waals surface area contributed by atoms with E-state index in [1.807, 2.05) is 26.8 Å². The zero-order valence-electron chi connectivity index (χ0n) is 17.1. The number of benzene rings is 2. The lowest BCUT2D eigenvalue weighted by molar-refractivity contribution is 0.0694. The summed E-state index contributed by atoms with van der Waals surface area (Å²) in [5.41, 5.74) is 2.16. The van der Waals surface area contributed by atoms with Gasteiger partial charge in [-0.2, -0.15) is 0 Å². The third-order valence-electron chi connectivity index (χ3n) is 5.36. The molecular weight excluding hydrogens is 387 g/mol. The van der Waals surface area contributed by atoms with Crippen LogP contribution < -0.4 is 10.7 Å². The molecule has 3 rings (SSSR count). The van der Waals surface area contributed by atoms with Crippen LogP contribution >= 0.6 is 0 Å². The molecule has 0 aliphatic rings. The quantitative estimate of drug-likeness (QED) is 0.547. The van der Waals surface area contributed by atoms with Crippen molar-refractivity contribution in [3.63, 3.8) is 0 Å². The Bertz CT molecular complexity index is 1140. The number of carboxylic acids is 1. The normalized spacial score (nSPS) is 12.3. The maximum absolute atomic E-state index is 13.1. The Morgan fingerprint density at radius 1 is 1.20 bits per heavy atom. The van der Waals surface area contributed by atoms with Crippen molar-refractivity contribution in [1.29, 1.82) is 0 Å². The molecule has 2 aromatic carbocycles. The van der Waals surface area contributed by atoms with Gasteiger partial charge in [0.1, 0.15) is 11.4 Å². The Balaban J connectivity index is 2.13. The minimum absolute atomic E-state index is 0.0301. The lowest BCUT2D eigenvalue weighted by Gasteiger charge is -2.25. The molecule has 158 valence electrons. The maximum atomic E-state index is 13.1. The first-order valence-corrected chi connectivity index (χ1v) is 9.75. The predicted octanol–water partition coefficient (Wildman–Crippen LogP) is 3.95. The Hall–Kier alpha value is -3.19. The van der Waals surface area contributed by atoms with E-state index in [1.54, 1.807) is 22.8 Å². The Morgan fingerprint density at radius 2 is 1.87 bits per heavy atom. The van der Waals surface area contributed by atoms with Crippen molar-refractivity contribution in [3.8, 4) is 0 Å². The van der Waals surface area contributed by atoms with Gasteiger partial charge in [0, 0.05) is 23.8 Å². The van der Waals surface area contributed by atoms with E-state index >= 15 is 0 Å². The molecule has 30 heavy (non-hydrogen) atoms. The molecule has 0 unspecified atom stereocenters. The van der Waals surface area contributed by atoms with Crippen molar-refractivity contribution in [2.75, 3.05) is 11.9 Å². The largest absolute Gasteiger partial charge is 0.477 e. The molecule has 0 amide bonds. The van der Waals surface area contributed by atoms with Gasteiger partial charge in [-0.25, -0.2) is 9.18 Å². The number of carboxylic acid groups (broad SMARTS) is 1. The number of aliphatic hydroxyl groups is 1. The third-order valence-corrected chi connectivity index (χ3v) is 5.36. The van der Waals surface area contributed by atoms with Gasteiger partial charge in [-0.15, -0.1) is 0 Å². The average Bonchev–Trinajstić information content (AvgIpc) is 2.69. The van der Waals surface area contributed by atoms with Gasteiger partial charge in [-0.05, 0) is 60.4 Å². The van der Waals surface area contributed by atoms with Crippen LogP contribution in [-0.2, 0) is 6.54 Å². The average molecular weight is 412 g/mol. The van der Waals surface area contributed by atoms with Crippen molar-refractivity contribution in [2.45, 2.75) is 33.4 Å². The minimum Gasteiger partial charge on any atom is -0.477 e. The number of aromatic nitrogens is 1. The second-order valence-corrected chi connectivity index (χ2v) is 7.73. The van der Waals surface area contributed by atoms with E-state index < -0.39 is 11.4 Å². The topological polar surface area (TPSA) is 91.6 Å². The fourth-order valence-electron chi connectivity index (χ4n) is 3.55. The molecule has 0 aliphatic carbocycles. The second kappa shape index (κ2) is 8.67. The Morgan fingerprint density at radius 3 is 2.43 bits per heavy atom. The summed E-state index contributed by atoms with van der Waals surface area (Å²) in [5.74, 6) is -1.60. The number of fused-ring (bicyclic) bond motifs is 1. The van der Waals surface area contributed by atoms with E-state index in [-0.39, 0.29) is 35.3 Å². The summed E-state index contributed by atoms with van der Waals surface area (Å²) in [6.07, 6.45) is 1.32. The van der Waals surface area contributed by atoms with Crippen LogP contribution in [0.2, 0.25) is 0 Å². The molecule has 1 heterocycles. The van der Waals surface area contributed by atoms with E-state index in [2.05, 4.69) is 5.32 Å². The number of aromatic carboxylic acids is 1. The van der Waals surface area contributed by atoms with Gasteiger partial charge in [0.25, 0.3) is 0 Å². The van der Waals surface area contributed by atoms with E-state index in [0.29, 0.717) is 12.1 Å². The van der Waals surface area contributed by atoms with Crippen LogP contribution in [0.3, 0.4) is 0 Å². The molecule has 0 saturated carbocycles. The molecule has 0 radical (unpaired) electrons. The monoisotopic (exact) mass is 412 g/mol. The van der Waals surface area contributed by atoms with Gasteiger partial charge in [0.15, 0.2) is 0 Å². The van der Waals surface area contributed by atoms with Crippen LogP contribution in [0.25, 0.3) is 10.9 Å². The molecule has 6 nitrogen and oxygen atoms in total. The standard InChI is InChI=1S/C23H25FN2O4/c1-13(2)21(12-27)26-11-19(23(29)30)22(28)18-9-15(14(3)8-20(18)26)10-25-17-6-4-16(24)5-7-17/h4-9,11,13,21,25,27H,10,12H2,1-3H3,(H,29,30)/t21-/m1/s1. The first kappa shape index (κ1) is 21.5. The highest BCUT2D eigenvalue weighted by atomic mass is 19.1. The zero-order chi connectivity index (χ0) is 22.0. The predicted molar refractivity (Wildman–Crippen MR) is 115 cm³/mol. The van der Waals surface area contributed by atoms with E-state index in [0.717, 1.165) is 16.8 Å². The van der Waals surface area contributed by atoms with Gasteiger partial charge < -0.3 is 20.1 Å². The maximum Gasteiger partial charge on any atom is 0.341 e. The number of aliphatic hydroxyl groups excluding tert-OH is 1. The number of aryl methyl sites for hydroxylation is 1. The lowest BCUT2D eigenvalue weighted by Crippen LogP contribution is -2.25. The summed E-state index contributed by atoms with van der Waals surface area (Å²) in [7, 11) is 0. The number of nitrogens with one attached hydrogen (secondary N) is 1. The first-order valence-electron chi connectivity index (χ1n) is 9.75. The molecule has 3 aromatic rings. The highest BCUT2D eigenvalue weighted by Gasteiger charge is 2.21. The fraction of sp³-hybridized carbons (Fsp3) is 0.304. The van der Waals surface area contributed by atoms with Gasteiger partial charge in [-0.3, -0.25) is 4.79 Å². The molecule has 0 bridgehead atoms. The summed E-state index contributed by atoms with van der Waals surface area (Å²) >= 11 is 0. The smallest absolute Gasteiger partial charge is 0.341 e. The second-order valence-electron chi connectivity index (χ2n) is 7.73. The molecule has 0 spiro atoms. The van der Waals surface area contributed by atoms with E-state index in [1.165, 1.54) is 18.3 Å². The van der Waals surface area contributed by atoms with Crippen molar-refractivity contribution in [2.24, 2.45) is 5.92 Å². The highest BCUT2D eigenvalue weighted by Crippen LogP contribution is 2.26. The Labute approximate surface area is 173 Å². The molecule has 7 heteroatoms. The molecule has 1 atom stereocenters. The molecule has 0 aliphatic heterocycles. The van der Waals surface area contributed by atoms with Gasteiger partial charge >= 0.3 is 5.97 Å². The van der Waals surface area contributed by atoms with Crippen molar-refractivity contribution in [3.05, 3.63) is 75.3 Å². The number of hydrogen-bond acceptors (Lipinski definition) is 4. The number of carbonyl (C=O) groups is 1. The number of anilines is 1. The summed E-state index contributed by atoms with van der Waals surface area (Å²) < 4.78 is 14.8. The summed E-state index contributed by atoms with van der Waals surface area (Å²) in [6.45, 7) is 5.97. The number of pyridine rings is 1. The third kappa shape index (κ3) is 4.21. The van der Waals surface area contributed by atoms with Crippen molar-refractivity contribution >= 4 is 22.6 Å². The van der Waals surface area contributed by atoms with Crippen LogP contribution in [0.4, 0.5) is 10.1 Å². The van der Waals surface area contributed by atoms with Crippen LogP contribution in [0.1, 0.15) is 41.4 Å². The van der Waals surface area contributed by atoms with Crippen molar-refractivity contribution < 1.29 is 19.4 Å². The number of halogens is 1. The number of hydrogen-bond donors (Lipinski definition) is 3. The molecule has 3 N–H and O–H groups in total. The van der Waals surface area contributed by atoms with E-state index in [4.69, 9.17) is 0 Å². The molecule has 1 aromatic heterocycles. The zero-order valence-corrected chi connectivity index (χ0v) is 17.1. The van der Waals surface area contributed by atoms with Crippen LogP contribution in [0, 0.1) is 18.7 Å². The minimum atomic E-state index is -1.30. The van der Waals surface area contributed by atoms with Crippen LogP contribution in [0.5, 0.6) is 0 Å². The molecular formula is C23H25FN2O4. The first-order chi connectivity index (χ1) is 14.2. The summed E-state index contributed by atoms with van der Waals surface area (Å²) in [6, 6.07) is 9.12. The Kier molecular flexibility index (Phi) is 6.22. The lowest BCUT2D eigenvalue weighted by atomic mass is 9.99.